The molecular formula is C19H28O2. The molecule has 1 rings (SSSR count). The van der Waals surface area contributed by atoms with Crippen molar-refractivity contribution in [2.75, 3.05) is 0 Å². The normalized spacial score (nSPS) is 13.3. The molecule has 1 atom stereocenters. The molecule has 1 unspecified atom stereocenters. The predicted octanol–water partition coefficient (Wildman–Crippen LogP) is 5.24. The highest BCUT2D eigenvalue weighted by molar-refractivity contribution is 5.87. The van der Waals surface area contributed by atoms with Crippen molar-refractivity contribution in [2.24, 2.45) is 5.92 Å². The van der Waals surface area contributed by atoms with Crippen LogP contribution >= 0.6 is 0 Å². The highest BCUT2D eigenvalue weighted by Crippen LogP contribution is 2.21. The molecule has 0 bridgehead atoms. The van der Waals surface area contributed by atoms with Crippen LogP contribution in [0.1, 0.15) is 58.9 Å². The van der Waals surface area contributed by atoms with E-state index in [9.17, 15) is 4.79 Å². The van der Waals surface area contributed by atoms with Crippen LogP contribution < -0.4 is 0 Å². The lowest BCUT2D eigenvalue weighted by molar-refractivity contribution is -0.150. The van der Waals surface area contributed by atoms with Gasteiger partial charge < -0.3 is 4.74 Å². The van der Waals surface area contributed by atoms with Crippen molar-refractivity contribution in [3.8, 4) is 0 Å². The Morgan fingerprint density at radius 2 is 1.95 bits per heavy atom. The van der Waals surface area contributed by atoms with Crippen molar-refractivity contribution in [1.29, 1.82) is 0 Å². The molecule has 0 fully saturated rings. The summed E-state index contributed by atoms with van der Waals surface area (Å²) in [5.41, 5.74) is 0.606. The molecule has 0 radical (unpaired) electrons. The molecule has 0 aliphatic rings. The van der Waals surface area contributed by atoms with E-state index in [1.54, 1.807) is 6.08 Å². The predicted molar refractivity (Wildman–Crippen MR) is 89.0 cm³/mol. The minimum atomic E-state index is -0.397. The van der Waals surface area contributed by atoms with E-state index in [-0.39, 0.29) is 5.97 Å². The summed E-state index contributed by atoms with van der Waals surface area (Å²) < 4.78 is 5.55. The number of benzene rings is 1. The van der Waals surface area contributed by atoms with Crippen LogP contribution in [0.15, 0.2) is 36.4 Å². The molecule has 0 aliphatic carbocycles. The number of hydrogen-bond acceptors (Lipinski definition) is 2. The van der Waals surface area contributed by atoms with Gasteiger partial charge in [0.05, 0.1) is 0 Å². The first-order valence-corrected chi connectivity index (χ1v) is 7.89. The SMILES string of the molecule is CCC(C)CCCC(C)(C)OC(=O)/C=C/c1ccccc1. The van der Waals surface area contributed by atoms with Crippen molar-refractivity contribution in [1.82, 2.24) is 0 Å². The average Bonchev–Trinajstić information content (AvgIpc) is 2.45. The van der Waals surface area contributed by atoms with E-state index in [1.807, 2.05) is 44.2 Å². The zero-order chi connectivity index (χ0) is 15.7. The van der Waals surface area contributed by atoms with E-state index >= 15 is 0 Å². The van der Waals surface area contributed by atoms with Gasteiger partial charge in [-0.05, 0) is 44.2 Å². The van der Waals surface area contributed by atoms with E-state index < -0.39 is 5.60 Å². The van der Waals surface area contributed by atoms with Crippen LogP contribution in [-0.4, -0.2) is 11.6 Å². The number of ether oxygens (including phenoxy) is 1. The number of carbonyl (C=O) groups is 1. The molecule has 2 heteroatoms. The van der Waals surface area contributed by atoms with E-state index in [4.69, 9.17) is 4.74 Å². The van der Waals surface area contributed by atoms with Gasteiger partial charge in [0.2, 0.25) is 0 Å². The maximum absolute atomic E-state index is 11.9. The molecule has 0 aliphatic heterocycles. The minimum absolute atomic E-state index is 0.271. The fraction of sp³-hybridized carbons (Fsp3) is 0.526. The monoisotopic (exact) mass is 288 g/mol. The van der Waals surface area contributed by atoms with Gasteiger partial charge in [-0.25, -0.2) is 4.79 Å². The van der Waals surface area contributed by atoms with Gasteiger partial charge in [0.25, 0.3) is 0 Å². The maximum atomic E-state index is 11.9. The van der Waals surface area contributed by atoms with Gasteiger partial charge in [-0.15, -0.1) is 0 Å². The third kappa shape index (κ3) is 7.69. The van der Waals surface area contributed by atoms with E-state index in [2.05, 4.69) is 13.8 Å². The molecule has 0 amide bonds. The lowest BCUT2D eigenvalue weighted by Crippen LogP contribution is -2.27. The minimum Gasteiger partial charge on any atom is -0.457 e. The quantitative estimate of drug-likeness (QED) is 0.483. The third-order valence-electron chi connectivity index (χ3n) is 3.76. The number of carbonyl (C=O) groups excluding carboxylic acids is 1. The summed E-state index contributed by atoms with van der Waals surface area (Å²) in [4.78, 5) is 11.9. The summed E-state index contributed by atoms with van der Waals surface area (Å²) in [5.74, 6) is 0.474. The lowest BCUT2D eigenvalue weighted by atomic mass is 9.95. The van der Waals surface area contributed by atoms with Crippen LogP contribution in [0.25, 0.3) is 6.08 Å². The Balaban J connectivity index is 2.40. The Morgan fingerprint density at radius 1 is 1.29 bits per heavy atom. The van der Waals surface area contributed by atoms with Crippen LogP contribution in [0.4, 0.5) is 0 Å². The average molecular weight is 288 g/mol. The van der Waals surface area contributed by atoms with Gasteiger partial charge in [-0.1, -0.05) is 57.0 Å². The second-order valence-electron chi connectivity index (χ2n) is 6.33. The molecule has 0 saturated heterocycles. The number of esters is 1. The summed E-state index contributed by atoms with van der Waals surface area (Å²) in [6.45, 7) is 8.45. The molecule has 0 saturated carbocycles. The molecule has 1 aromatic rings. The number of rotatable bonds is 8. The third-order valence-corrected chi connectivity index (χ3v) is 3.76. The van der Waals surface area contributed by atoms with Crippen LogP contribution in [0.2, 0.25) is 0 Å². The fourth-order valence-corrected chi connectivity index (χ4v) is 2.17. The summed E-state index contributed by atoms with van der Waals surface area (Å²) in [5, 5.41) is 0. The topological polar surface area (TPSA) is 26.3 Å². The Kier molecular flexibility index (Phi) is 7.21. The zero-order valence-electron chi connectivity index (χ0n) is 13.8. The van der Waals surface area contributed by atoms with E-state index in [0.717, 1.165) is 24.3 Å². The highest BCUT2D eigenvalue weighted by Gasteiger charge is 2.21. The molecule has 0 N–H and O–H groups in total. The summed E-state index contributed by atoms with van der Waals surface area (Å²) in [7, 11) is 0. The zero-order valence-corrected chi connectivity index (χ0v) is 13.8. The Labute approximate surface area is 129 Å². The van der Waals surface area contributed by atoms with E-state index in [1.165, 1.54) is 18.9 Å². The summed E-state index contributed by atoms with van der Waals surface area (Å²) in [6.07, 6.45) is 7.70. The fourth-order valence-electron chi connectivity index (χ4n) is 2.17. The van der Waals surface area contributed by atoms with Gasteiger partial charge in [0, 0.05) is 6.08 Å². The summed E-state index contributed by atoms with van der Waals surface area (Å²) in [6, 6.07) is 9.77. The molecule has 0 heterocycles. The van der Waals surface area contributed by atoms with Crippen LogP contribution in [0.5, 0.6) is 0 Å². The molecule has 21 heavy (non-hydrogen) atoms. The van der Waals surface area contributed by atoms with Crippen molar-refractivity contribution in [3.63, 3.8) is 0 Å². The lowest BCUT2D eigenvalue weighted by Gasteiger charge is -2.25. The molecule has 2 nitrogen and oxygen atoms in total. The first-order chi connectivity index (χ1) is 9.93. The highest BCUT2D eigenvalue weighted by atomic mass is 16.6. The van der Waals surface area contributed by atoms with Crippen LogP contribution in [0.3, 0.4) is 0 Å². The molecule has 116 valence electrons. The van der Waals surface area contributed by atoms with Crippen molar-refractivity contribution < 1.29 is 9.53 Å². The van der Waals surface area contributed by atoms with Gasteiger partial charge >= 0.3 is 5.97 Å². The van der Waals surface area contributed by atoms with Crippen molar-refractivity contribution >= 4 is 12.0 Å². The standard InChI is InChI=1S/C19H28O2/c1-5-16(2)10-9-15-19(3,4)21-18(20)14-13-17-11-7-6-8-12-17/h6-8,11-14,16H,5,9-10,15H2,1-4H3/b14-13+. The Morgan fingerprint density at radius 3 is 2.57 bits per heavy atom. The second-order valence-corrected chi connectivity index (χ2v) is 6.33. The second kappa shape index (κ2) is 8.66. The molecular weight excluding hydrogens is 260 g/mol. The van der Waals surface area contributed by atoms with Gasteiger partial charge in [0.1, 0.15) is 5.60 Å². The van der Waals surface area contributed by atoms with Crippen molar-refractivity contribution in [2.45, 2.75) is 59.0 Å². The number of hydrogen-bond donors (Lipinski definition) is 0. The summed E-state index contributed by atoms with van der Waals surface area (Å²) >= 11 is 0. The van der Waals surface area contributed by atoms with Crippen LogP contribution in [-0.2, 0) is 9.53 Å². The first kappa shape index (κ1) is 17.5. The molecule has 0 aromatic heterocycles. The smallest absolute Gasteiger partial charge is 0.331 e. The van der Waals surface area contributed by atoms with E-state index in [0.29, 0.717) is 0 Å². The largest absolute Gasteiger partial charge is 0.457 e. The maximum Gasteiger partial charge on any atom is 0.331 e. The van der Waals surface area contributed by atoms with Gasteiger partial charge in [-0.3, -0.25) is 0 Å². The Bertz CT molecular complexity index is 446. The first-order valence-electron chi connectivity index (χ1n) is 7.89. The van der Waals surface area contributed by atoms with Gasteiger partial charge in [-0.2, -0.15) is 0 Å². The van der Waals surface area contributed by atoms with Crippen molar-refractivity contribution in [3.05, 3.63) is 42.0 Å². The van der Waals surface area contributed by atoms with Gasteiger partial charge in [0.15, 0.2) is 0 Å². The van der Waals surface area contributed by atoms with Crippen LogP contribution in [0, 0.1) is 5.92 Å². The Hall–Kier alpha value is -1.57. The molecule has 1 aromatic carbocycles. The molecule has 0 spiro atoms.